The van der Waals surface area contributed by atoms with Gasteiger partial charge in [0.1, 0.15) is 0 Å². The molecule has 1 aliphatic heterocycles. The van der Waals surface area contributed by atoms with Crippen LogP contribution in [0.1, 0.15) is 25.7 Å². The summed E-state index contributed by atoms with van der Waals surface area (Å²) in [7, 11) is 0. The Balaban J connectivity index is 1.80. The van der Waals surface area contributed by atoms with Crippen LogP contribution in [0.5, 0.6) is 0 Å². The highest BCUT2D eigenvalue weighted by Gasteiger charge is 2.38. The van der Waals surface area contributed by atoms with Crippen LogP contribution in [-0.4, -0.2) is 42.0 Å². The van der Waals surface area contributed by atoms with Crippen molar-refractivity contribution in [1.82, 2.24) is 4.90 Å². The number of rotatable bonds is 4. The Kier molecular flexibility index (Phi) is 3.40. The van der Waals surface area contributed by atoms with Crippen molar-refractivity contribution in [3.8, 4) is 0 Å². The Hall–Kier alpha value is 0.270. The predicted molar refractivity (Wildman–Crippen MR) is 61.8 cm³/mol. The molecule has 1 aliphatic carbocycles. The summed E-state index contributed by atoms with van der Waals surface area (Å²) in [6, 6.07) is 0. The standard InChI is InChI=1S/C11H21NOS/c13-7-10-2-5-12(6-10)8-11(9-14)3-1-4-11/h10,13-14H,1-9H2. The van der Waals surface area contributed by atoms with Gasteiger partial charge in [-0.05, 0) is 42.9 Å². The molecule has 82 valence electrons. The van der Waals surface area contributed by atoms with E-state index in [0.717, 1.165) is 12.3 Å². The molecule has 2 aliphatic rings. The molecule has 2 rings (SSSR count). The van der Waals surface area contributed by atoms with Crippen LogP contribution < -0.4 is 0 Å². The van der Waals surface area contributed by atoms with Crippen LogP contribution in [0.3, 0.4) is 0 Å². The fourth-order valence-corrected chi connectivity index (χ4v) is 3.14. The molecule has 2 fully saturated rings. The first-order chi connectivity index (χ1) is 6.78. The maximum Gasteiger partial charge on any atom is 0.0471 e. The highest BCUT2D eigenvalue weighted by molar-refractivity contribution is 7.80. The molecular formula is C11H21NOS. The fourth-order valence-electron chi connectivity index (χ4n) is 2.72. The number of aliphatic hydroxyl groups is 1. The van der Waals surface area contributed by atoms with Crippen molar-refractivity contribution in [3.05, 3.63) is 0 Å². The molecule has 0 radical (unpaired) electrons. The first-order valence-electron chi connectivity index (χ1n) is 5.72. The molecule has 1 unspecified atom stereocenters. The molecule has 14 heavy (non-hydrogen) atoms. The van der Waals surface area contributed by atoms with Crippen LogP contribution in [0, 0.1) is 11.3 Å². The highest BCUT2D eigenvalue weighted by Crippen LogP contribution is 2.43. The van der Waals surface area contributed by atoms with Crippen LogP contribution in [0.4, 0.5) is 0 Å². The van der Waals surface area contributed by atoms with Gasteiger partial charge in [-0.25, -0.2) is 0 Å². The van der Waals surface area contributed by atoms with E-state index in [1.165, 1.54) is 38.8 Å². The fraction of sp³-hybridized carbons (Fsp3) is 1.00. The Bertz CT molecular complexity index is 188. The topological polar surface area (TPSA) is 23.5 Å². The van der Waals surface area contributed by atoms with Crippen LogP contribution >= 0.6 is 12.6 Å². The minimum atomic E-state index is 0.365. The van der Waals surface area contributed by atoms with E-state index in [1.54, 1.807) is 0 Å². The zero-order valence-electron chi connectivity index (χ0n) is 8.78. The lowest BCUT2D eigenvalue weighted by Gasteiger charge is -2.43. The Labute approximate surface area is 92.1 Å². The number of thiol groups is 1. The Morgan fingerprint density at radius 1 is 1.43 bits per heavy atom. The molecule has 0 amide bonds. The average Bonchev–Trinajstić information content (AvgIpc) is 2.59. The van der Waals surface area contributed by atoms with Crippen LogP contribution in [0.25, 0.3) is 0 Å². The van der Waals surface area contributed by atoms with Crippen molar-refractivity contribution in [2.75, 3.05) is 32.0 Å². The van der Waals surface area contributed by atoms with Crippen molar-refractivity contribution in [2.24, 2.45) is 11.3 Å². The lowest BCUT2D eigenvalue weighted by molar-refractivity contribution is 0.0993. The molecule has 1 saturated carbocycles. The van der Waals surface area contributed by atoms with E-state index in [1.807, 2.05) is 0 Å². The highest BCUT2D eigenvalue weighted by atomic mass is 32.1. The third kappa shape index (κ3) is 2.10. The maximum absolute atomic E-state index is 9.07. The third-order valence-corrected chi connectivity index (χ3v) is 4.61. The van der Waals surface area contributed by atoms with Crippen LogP contribution in [0.2, 0.25) is 0 Å². The largest absolute Gasteiger partial charge is 0.396 e. The molecule has 2 nitrogen and oxygen atoms in total. The zero-order chi connectivity index (χ0) is 10.0. The maximum atomic E-state index is 9.07. The molecule has 0 spiro atoms. The van der Waals surface area contributed by atoms with Crippen molar-refractivity contribution in [3.63, 3.8) is 0 Å². The average molecular weight is 215 g/mol. The predicted octanol–water partition coefficient (Wildman–Crippen LogP) is 1.40. The number of hydrogen-bond donors (Lipinski definition) is 2. The second kappa shape index (κ2) is 4.42. The molecule has 1 N–H and O–H groups in total. The summed E-state index contributed by atoms with van der Waals surface area (Å²) in [5, 5.41) is 9.07. The lowest BCUT2D eigenvalue weighted by Crippen LogP contribution is -2.43. The van der Waals surface area contributed by atoms with E-state index in [2.05, 4.69) is 17.5 Å². The van der Waals surface area contributed by atoms with Crippen molar-refractivity contribution in [1.29, 1.82) is 0 Å². The summed E-state index contributed by atoms with van der Waals surface area (Å²) < 4.78 is 0. The van der Waals surface area contributed by atoms with Gasteiger partial charge in [0.05, 0.1) is 0 Å². The van der Waals surface area contributed by atoms with Gasteiger partial charge in [-0.3, -0.25) is 0 Å². The molecule has 0 aromatic carbocycles. The zero-order valence-corrected chi connectivity index (χ0v) is 9.68. The molecule has 0 bridgehead atoms. The number of aliphatic hydroxyl groups excluding tert-OH is 1. The van der Waals surface area contributed by atoms with Gasteiger partial charge in [-0.15, -0.1) is 0 Å². The minimum Gasteiger partial charge on any atom is -0.396 e. The van der Waals surface area contributed by atoms with E-state index >= 15 is 0 Å². The molecule has 3 heteroatoms. The van der Waals surface area contributed by atoms with Gasteiger partial charge >= 0.3 is 0 Å². The minimum absolute atomic E-state index is 0.365. The Morgan fingerprint density at radius 2 is 2.21 bits per heavy atom. The van der Waals surface area contributed by atoms with Gasteiger partial charge in [-0.2, -0.15) is 12.6 Å². The number of likely N-dealkylation sites (tertiary alicyclic amines) is 1. The molecular weight excluding hydrogens is 194 g/mol. The van der Waals surface area contributed by atoms with Crippen LogP contribution in [0.15, 0.2) is 0 Å². The SMILES string of the molecule is OCC1CCN(CC2(CS)CCC2)C1. The van der Waals surface area contributed by atoms with Gasteiger partial charge in [0.2, 0.25) is 0 Å². The summed E-state index contributed by atoms with van der Waals surface area (Å²) in [6.07, 6.45) is 5.28. The van der Waals surface area contributed by atoms with Gasteiger partial charge in [-0.1, -0.05) is 6.42 Å². The monoisotopic (exact) mass is 215 g/mol. The lowest BCUT2D eigenvalue weighted by atomic mass is 9.70. The first kappa shape index (κ1) is 10.8. The summed E-state index contributed by atoms with van der Waals surface area (Å²) in [5.74, 6) is 1.57. The van der Waals surface area contributed by atoms with Crippen LogP contribution in [-0.2, 0) is 0 Å². The quantitative estimate of drug-likeness (QED) is 0.693. The van der Waals surface area contributed by atoms with Crippen molar-refractivity contribution in [2.45, 2.75) is 25.7 Å². The molecule has 1 atom stereocenters. The molecule has 0 aromatic heterocycles. The smallest absolute Gasteiger partial charge is 0.0471 e. The first-order valence-corrected chi connectivity index (χ1v) is 6.35. The Morgan fingerprint density at radius 3 is 2.64 bits per heavy atom. The second-order valence-corrected chi connectivity index (χ2v) is 5.40. The molecule has 1 heterocycles. The van der Waals surface area contributed by atoms with Gasteiger partial charge in [0, 0.05) is 19.7 Å². The van der Waals surface area contributed by atoms with E-state index in [4.69, 9.17) is 5.11 Å². The van der Waals surface area contributed by atoms with E-state index < -0.39 is 0 Å². The molecule has 1 saturated heterocycles. The normalized spacial score (nSPS) is 31.7. The van der Waals surface area contributed by atoms with Crippen molar-refractivity contribution >= 4 is 12.6 Å². The van der Waals surface area contributed by atoms with E-state index in [-0.39, 0.29) is 0 Å². The van der Waals surface area contributed by atoms with Gasteiger partial charge in [0.25, 0.3) is 0 Å². The van der Waals surface area contributed by atoms with Crippen molar-refractivity contribution < 1.29 is 5.11 Å². The number of hydrogen-bond acceptors (Lipinski definition) is 3. The molecule has 0 aromatic rings. The van der Waals surface area contributed by atoms with E-state index in [0.29, 0.717) is 17.9 Å². The summed E-state index contributed by atoms with van der Waals surface area (Å²) in [4.78, 5) is 2.52. The second-order valence-electron chi connectivity index (χ2n) is 5.08. The summed E-state index contributed by atoms with van der Waals surface area (Å²) >= 11 is 4.47. The summed E-state index contributed by atoms with van der Waals surface area (Å²) in [6.45, 7) is 3.87. The third-order valence-electron chi connectivity index (χ3n) is 3.94. The van der Waals surface area contributed by atoms with E-state index in [9.17, 15) is 0 Å². The van der Waals surface area contributed by atoms with Gasteiger partial charge in [0.15, 0.2) is 0 Å². The van der Waals surface area contributed by atoms with Gasteiger partial charge < -0.3 is 10.0 Å². The number of nitrogens with zero attached hydrogens (tertiary/aromatic N) is 1. The summed E-state index contributed by atoms with van der Waals surface area (Å²) in [5.41, 5.74) is 0.521.